The summed E-state index contributed by atoms with van der Waals surface area (Å²) in [5.41, 5.74) is 0. The molecule has 0 spiro atoms. The summed E-state index contributed by atoms with van der Waals surface area (Å²) >= 11 is 0. The van der Waals surface area contributed by atoms with Crippen LogP contribution in [-0.2, 0) is 11.2 Å². The second kappa shape index (κ2) is 11.8. The molecule has 0 aliphatic heterocycles. The molecule has 22 heavy (non-hydrogen) atoms. The van der Waals surface area contributed by atoms with Crippen LogP contribution in [0.2, 0.25) is 0 Å². The zero-order valence-corrected chi connectivity index (χ0v) is 15.7. The molecular weight excluding hydrogens is 393 g/mol. The second-order valence-corrected chi connectivity index (χ2v) is 5.39. The van der Waals surface area contributed by atoms with E-state index < -0.39 is 0 Å². The van der Waals surface area contributed by atoms with Crippen molar-refractivity contribution in [2.45, 2.75) is 32.6 Å². The molecule has 1 aromatic rings. The third-order valence-corrected chi connectivity index (χ3v) is 3.36. The lowest BCUT2D eigenvalue weighted by atomic mass is 10.3. The molecule has 1 saturated carbocycles. The van der Waals surface area contributed by atoms with Gasteiger partial charge in [0.1, 0.15) is 5.76 Å². The Morgan fingerprint density at radius 1 is 1.41 bits per heavy atom. The molecule has 2 N–H and O–H groups in total. The smallest absolute Gasteiger partial charge is 0.191 e. The van der Waals surface area contributed by atoms with Crippen LogP contribution >= 0.6 is 24.0 Å². The molecule has 0 saturated heterocycles. The maximum absolute atomic E-state index is 5.61. The number of halogens is 1. The van der Waals surface area contributed by atoms with E-state index in [2.05, 4.69) is 22.5 Å². The van der Waals surface area contributed by atoms with Crippen molar-refractivity contribution >= 4 is 29.9 Å². The van der Waals surface area contributed by atoms with Crippen molar-refractivity contribution in [2.75, 3.05) is 32.8 Å². The molecule has 0 atom stereocenters. The second-order valence-electron chi connectivity index (χ2n) is 5.39. The highest BCUT2D eigenvalue weighted by molar-refractivity contribution is 14.0. The summed E-state index contributed by atoms with van der Waals surface area (Å²) in [5.74, 6) is 2.70. The highest BCUT2D eigenvalue weighted by Gasteiger charge is 2.20. The van der Waals surface area contributed by atoms with E-state index in [-0.39, 0.29) is 24.0 Å². The van der Waals surface area contributed by atoms with E-state index >= 15 is 0 Å². The number of hydrogen-bond acceptors (Lipinski definition) is 3. The summed E-state index contributed by atoms with van der Waals surface area (Å²) in [7, 11) is 0. The third kappa shape index (κ3) is 8.63. The number of guanidine groups is 1. The van der Waals surface area contributed by atoms with Crippen molar-refractivity contribution in [3.8, 4) is 0 Å². The quantitative estimate of drug-likeness (QED) is 0.264. The van der Waals surface area contributed by atoms with Gasteiger partial charge in [-0.2, -0.15) is 0 Å². The van der Waals surface area contributed by atoms with E-state index in [1.807, 2.05) is 12.1 Å². The molecule has 0 radical (unpaired) electrons. The standard InChI is InChI=1S/C16H27N3O2.HI/c1-2-17-16(19-10-8-15-5-3-12-21-15)18-9-4-11-20-13-14-6-7-14;/h3,5,12,14H,2,4,6-11,13H2,1H3,(H2,17,18,19);1H. The van der Waals surface area contributed by atoms with Gasteiger partial charge in [0, 0.05) is 39.3 Å². The number of ether oxygens (including phenoxy) is 1. The van der Waals surface area contributed by atoms with E-state index in [1.54, 1.807) is 6.26 Å². The Morgan fingerprint density at radius 2 is 2.27 bits per heavy atom. The van der Waals surface area contributed by atoms with E-state index in [4.69, 9.17) is 9.15 Å². The lowest BCUT2D eigenvalue weighted by molar-refractivity contribution is 0.123. The van der Waals surface area contributed by atoms with Gasteiger partial charge in [0.05, 0.1) is 6.26 Å². The van der Waals surface area contributed by atoms with Crippen LogP contribution in [0.15, 0.2) is 27.8 Å². The number of furan rings is 1. The van der Waals surface area contributed by atoms with Gasteiger partial charge in [0.2, 0.25) is 0 Å². The highest BCUT2D eigenvalue weighted by atomic mass is 127. The Balaban J connectivity index is 0.00000242. The Morgan fingerprint density at radius 3 is 2.95 bits per heavy atom. The van der Waals surface area contributed by atoms with Crippen LogP contribution in [0, 0.1) is 5.92 Å². The number of rotatable bonds is 10. The molecular formula is C16H28IN3O2. The lowest BCUT2D eigenvalue weighted by Gasteiger charge is -2.10. The van der Waals surface area contributed by atoms with Gasteiger partial charge < -0.3 is 19.8 Å². The topological polar surface area (TPSA) is 58.8 Å². The van der Waals surface area contributed by atoms with Gasteiger partial charge in [-0.05, 0) is 44.2 Å². The SMILES string of the molecule is CCNC(=NCCCOCC1CC1)NCCc1ccco1.I. The first-order valence-electron chi connectivity index (χ1n) is 8.00. The molecule has 1 fully saturated rings. The first kappa shape index (κ1) is 19.3. The van der Waals surface area contributed by atoms with Gasteiger partial charge in [0.25, 0.3) is 0 Å². The molecule has 1 aliphatic rings. The summed E-state index contributed by atoms with van der Waals surface area (Å²) in [6.45, 7) is 6.29. The molecule has 0 unspecified atom stereocenters. The minimum absolute atomic E-state index is 0. The first-order valence-corrected chi connectivity index (χ1v) is 8.00. The summed E-state index contributed by atoms with van der Waals surface area (Å²) in [5, 5.41) is 6.57. The minimum atomic E-state index is 0. The zero-order chi connectivity index (χ0) is 14.8. The minimum Gasteiger partial charge on any atom is -0.469 e. The molecule has 0 bridgehead atoms. The van der Waals surface area contributed by atoms with Gasteiger partial charge in [-0.3, -0.25) is 4.99 Å². The van der Waals surface area contributed by atoms with E-state index in [1.165, 1.54) is 12.8 Å². The highest BCUT2D eigenvalue weighted by Crippen LogP contribution is 2.28. The van der Waals surface area contributed by atoms with Crippen molar-refractivity contribution in [3.05, 3.63) is 24.2 Å². The van der Waals surface area contributed by atoms with Gasteiger partial charge in [0.15, 0.2) is 5.96 Å². The zero-order valence-electron chi connectivity index (χ0n) is 13.3. The van der Waals surface area contributed by atoms with Crippen LogP contribution in [0.5, 0.6) is 0 Å². The van der Waals surface area contributed by atoms with Crippen molar-refractivity contribution in [1.82, 2.24) is 10.6 Å². The Labute approximate surface area is 150 Å². The predicted molar refractivity (Wildman–Crippen MR) is 100.0 cm³/mol. The van der Waals surface area contributed by atoms with Crippen LogP contribution in [-0.4, -0.2) is 38.8 Å². The van der Waals surface area contributed by atoms with Gasteiger partial charge in [-0.25, -0.2) is 0 Å². The maximum atomic E-state index is 5.61. The molecule has 6 heteroatoms. The summed E-state index contributed by atoms with van der Waals surface area (Å²) in [6, 6.07) is 3.90. The Kier molecular flexibility index (Phi) is 10.3. The molecule has 2 rings (SSSR count). The summed E-state index contributed by atoms with van der Waals surface area (Å²) in [6.07, 6.45) is 6.24. The van der Waals surface area contributed by atoms with Crippen LogP contribution in [0.3, 0.4) is 0 Å². The normalized spacial score (nSPS) is 14.5. The Hall–Kier alpha value is -0.760. The number of nitrogens with zero attached hydrogens (tertiary/aromatic N) is 1. The fourth-order valence-corrected chi connectivity index (χ4v) is 1.99. The fourth-order valence-electron chi connectivity index (χ4n) is 1.99. The van der Waals surface area contributed by atoms with Crippen molar-refractivity contribution in [2.24, 2.45) is 10.9 Å². The van der Waals surface area contributed by atoms with Crippen LogP contribution < -0.4 is 10.6 Å². The van der Waals surface area contributed by atoms with E-state index in [0.29, 0.717) is 0 Å². The average molecular weight is 421 g/mol. The third-order valence-electron chi connectivity index (χ3n) is 3.36. The first-order chi connectivity index (χ1) is 10.4. The molecule has 0 aromatic carbocycles. The lowest BCUT2D eigenvalue weighted by Crippen LogP contribution is -2.38. The number of nitrogens with one attached hydrogen (secondary N) is 2. The summed E-state index contributed by atoms with van der Waals surface area (Å²) < 4.78 is 10.9. The van der Waals surface area contributed by atoms with Crippen molar-refractivity contribution in [3.63, 3.8) is 0 Å². The average Bonchev–Trinajstić information content (AvgIpc) is 3.17. The fraction of sp³-hybridized carbons (Fsp3) is 0.688. The monoisotopic (exact) mass is 421 g/mol. The largest absolute Gasteiger partial charge is 0.469 e. The molecule has 1 heterocycles. The molecule has 1 aliphatic carbocycles. The number of hydrogen-bond donors (Lipinski definition) is 2. The van der Waals surface area contributed by atoms with Crippen LogP contribution in [0.1, 0.15) is 31.9 Å². The summed E-state index contributed by atoms with van der Waals surface area (Å²) in [4.78, 5) is 4.55. The predicted octanol–water partition coefficient (Wildman–Crippen LogP) is 2.81. The van der Waals surface area contributed by atoms with E-state index in [9.17, 15) is 0 Å². The van der Waals surface area contributed by atoms with Gasteiger partial charge in [-0.1, -0.05) is 0 Å². The van der Waals surface area contributed by atoms with Crippen molar-refractivity contribution in [1.29, 1.82) is 0 Å². The molecule has 126 valence electrons. The van der Waals surface area contributed by atoms with Crippen LogP contribution in [0.4, 0.5) is 0 Å². The van der Waals surface area contributed by atoms with Crippen LogP contribution in [0.25, 0.3) is 0 Å². The van der Waals surface area contributed by atoms with Gasteiger partial charge in [-0.15, -0.1) is 24.0 Å². The molecule has 0 amide bonds. The van der Waals surface area contributed by atoms with Gasteiger partial charge >= 0.3 is 0 Å². The molecule has 5 nitrogen and oxygen atoms in total. The van der Waals surface area contributed by atoms with E-state index in [0.717, 1.165) is 63.3 Å². The maximum Gasteiger partial charge on any atom is 0.191 e. The Bertz CT molecular complexity index is 406. The van der Waals surface area contributed by atoms with Crippen molar-refractivity contribution < 1.29 is 9.15 Å². The molecule has 1 aromatic heterocycles. The number of aliphatic imine (C=N–C) groups is 1.